The molecule has 5 aromatic rings. The first kappa shape index (κ1) is 37.2. The number of aryl methyl sites for hydroxylation is 4. The van der Waals surface area contributed by atoms with Crippen molar-refractivity contribution in [3.63, 3.8) is 0 Å². The highest BCUT2D eigenvalue weighted by atomic mass is 19.1. The van der Waals surface area contributed by atoms with Crippen molar-refractivity contribution in [3.8, 4) is 28.5 Å². The van der Waals surface area contributed by atoms with Crippen LogP contribution in [-0.4, -0.2) is 83.7 Å². The number of phenols is 1. The van der Waals surface area contributed by atoms with Gasteiger partial charge < -0.3 is 19.9 Å². The Kier molecular flexibility index (Phi) is 11.4. The Morgan fingerprint density at radius 3 is 2.20 bits per heavy atom. The summed E-state index contributed by atoms with van der Waals surface area (Å²) in [7, 11) is 3.91. The van der Waals surface area contributed by atoms with E-state index in [1.807, 2.05) is 59.9 Å². The number of halogens is 1. The summed E-state index contributed by atoms with van der Waals surface area (Å²) in [5, 5.41) is 23.8. The molecule has 2 N–H and O–H groups in total. The van der Waals surface area contributed by atoms with Gasteiger partial charge >= 0.3 is 0 Å². The molecule has 0 bridgehead atoms. The Balaban J connectivity index is 1.08. The number of hydrogen-bond donors (Lipinski definition) is 2. The average Bonchev–Trinajstić information content (AvgIpc) is 3.67. The van der Waals surface area contributed by atoms with Crippen LogP contribution in [0.1, 0.15) is 64.4 Å². The van der Waals surface area contributed by atoms with Gasteiger partial charge in [-0.1, -0.05) is 36.4 Å². The van der Waals surface area contributed by atoms with Crippen LogP contribution in [0.25, 0.3) is 11.1 Å². The van der Waals surface area contributed by atoms with E-state index < -0.39 is 11.7 Å². The van der Waals surface area contributed by atoms with Crippen molar-refractivity contribution in [2.45, 2.75) is 71.2 Å². The average molecular weight is 737 g/mol. The maximum absolute atomic E-state index is 14.7. The Morgan fingerprint density at radius 2 is 1.59 bits per heavy atom. The Bertz CT molecular complexity index is 1980. The van der Waals surface area contributed by atoms with Gasteiger partial charge in [0.1, 0.15) is 11.4 Å². The predicted octanol–water partition coefficient (Wildman–Crippen LogP) is 6.05. The van der Waals surface area contributed by atoms with E-state index in [9.17, 15) is 14.3 Å². The molecule has 1 aliphatic heterocycles. The maximum Gasteiger partial charge on any atom is 0.257 e. The van der Waals surface area contributed by atoms with Crippen molar-refractivity contribution >= 4 is 5.91 Å². The topological polar surface area (TPSA) is 123 Å². The minimum absolute atomic E-state index is 0.0309. The number of amides is 1. The van der Waals surface area contributed by atoms with Gasteiger partial charge in [0.2, 0.25) is 5.88 Å². The molecule has 3 aromatic heterocycles. The highest BCUT2D eigenvalue weighted by Crippen LogP contribution is 2.41. The van der Waals surface area contributed by atoms with Gasteiger partial charge in [-0.05, 0) is 74.9 Å². The lowest BCUT2D eigenvalue weighted by Gasteiger charge is -2.36. The van der Waals surface area contributed by atoms with E-state index in [-0.39, 0.29) is 35.0 Å². The minimum atomic E-state index is -0.655. The molecule has 13 heteroatoms. The molecule has 4 heterocycles. The number of phenolic OH excluding ortho intramolecular Hbond substituents is 1. The van der Waals surface area contributed by atoms with Crippen molar-refractivity contribution in [1.29, 1.82) is 0 Å². The Morgan fingerprint density at radius 1 is 0.944 bits per heavy atom. The highest BCUT2D eigenvalue weighted by molar-refractivity contribution is 5.96. The molecule has 12 nitrogen and oxygen atoms in total. The molecule has 0 unspecified atom stereocenters. The number of morpholine rings is 1. The number of carbonyl (C=O) groups excluding carboxylic acids is 1. The van der Waals surface area contributed by atoms with Crippen LogP contribution in [0.5, 0.6) is 17.4 Å². The maximum atomic E-state index is 14.7. The molecule has 0 spiro atoms. The number of hydrogen-bond acceptors (Lipinski definition) is 9. The molecule has 54 heavy (non-hydrogen) atoms. The predicted molar refractivity (Wildman–Crippen MR) is 203 cm³/mol. The lowest BCUT2D eigenvalue weighted by molar-refractivity contribution is 0.0339. The summed E-state index contributed by atoms with van der Waals surface area (Å²) in [4.78, 5) is 22.8. The molecule has 1 saturated heterocycles. The SMILES string of the molecule is Cc1cc(CN(Cc2cc(C)n(C)n2)C2CCC(NC(=O)c3cc(F)cnc3Oc3c(O)ccc(-c4ccccc4)c3CN3CCOCC3)CC2)nn1C. The van der Waals surface area contributed by atoms with Crippen molar-refractivity contribution < 1.29 is 23.8 Å². The first-order valence-corrected chi connectivity index (χ1v) is 18.7. The third kappa shape index (κ3) is 8.64. The number of carbonyl (C=O) groups is 1. The fourth-order valence-corrected chi connectivity index (χ4v) is 7.53. The van der Waals surface area contributed by atoms with Gasteiger partial charge in [-0.3, -0.25) is 24.0 Å². The van der Waals surface area contributed by atoms with Gasteiger partial charge in [0.25, 0.3) is 5.91 Å². The summed E-state index contributed by atoms with van der Waals surface area (Å²) in [6.45, 7) is 8.61. The van der Waals surface area contributed by atoms with Crippen LogP contribution in [0.15, 0.2) is 66.9 Å². The fraction of sp³-hybridized carbons (Fsp3) is 0.415. The standard InChI is InChI=1S/C41H49FN8O4/c1-27-20-32(45-47(27)3)24-50(25-33-21-28(2)48(4)46-33)34-12-10-31(11-13-34)44-40(52)36-22-30(42)23-43-41(36)54-39-37(26-49-16-18-53-19-17-49)35(14-15-38(39)51)29-8-6-5-7-9-29/h5-9,14-15,20-23,31,34,51H,10-13,16-19,24-26H2,1-4H3,(H,44,52). The van der Waals surface area contributed by atoms with E-state index in [1.165, 1.54) is 0 Å². The lowest BCUT2D eigenvalue weighted by Crippen LogP contribution is -2.43. The second kappa shape index (κ2) is 16.5. The van der Waals surface area contributed by atoms with Gasteiger partial charge in [0, 0.05) is 75.9 Å². The normalized spacial score (nSPS) is 17.9. The van der Waals surface area contributed by atoms with Crippen molar-refractivity contribution in [2.75, 3.05) is 26.3 Å². The molecule has 1 amide bonds. The molecule has 1 saturated carbocycles. The van der Waals surface area contributed by atoms with E-state index in [4.69, 9.17) is 19.7 Å². The van der Waals surface area contributed by atoms with E-state index in [0.29, 0.717) is 32.8 Å². The molecule has 7 rings (SSSR count). The van der Waals surface area contributed by atoms with Crippen LogP contribution < -0.4 is 10.1 Å². The largest absolute Gasteiger partial charge is 0.504 e. The minimum Gasteiger partial charge on any atom is -0.504 e. The van der Waals surface area contributed by atoms with Crippen molar-refractivity contribution in [3.05, 3.63) is 107 Å². The lowest BCUT2D eigenvalue weighted by atomic mass is 9.89. The zero-order chi connectivity index (χ0) is 37.8. The zero-order valence-electron chi connectivity index (χ0n) is 31.5. The smallest absolute Gasteiger partial charge is 0.257 e. The summed E-state index contributed by atoms with van der Waals surface area (Å²) in [6.07, 6.45) is 4.24. The van der Waals surface area contributed by atoms with E-state index in [2.05, 4.69) is 46.1 Å². The van der Waals surface area contributed by atoms with E-state index in [1.54, 1.807) is 6.07 Å². The summed E-state index contributed by atoms with van der Waals surface area (Å²) in [5.74, 6) is -1.12. The molecule has 1 aliphatic carbocycles. The quantitative estimate of drug-likeness (QED) is 0.158. The van der Waals surface area contributed by atoms with Crippen LogP contribution >= 0.6 is 0 Å². The molecule has 2 aromatic carbocycles. The molecular formula is C41H49FN8O4. The molecule has 284 valence electrons. The van der Waals surface area contributed by atoms with Gasteiger partial charge in [-0.2, -0.15) is 10.2 Å². The number of nitrogens with zero attached hydrogens (tertiary/aromatic N) is 7. The van der Waals surface area contributed by atoms with Crippen LogP contribution in [-0.2, 0) is 38.5 Å². The molecular weight excluding hydrogens is 688 g/mol. The summed E-state index contributed by atoms with van der Waals surface area (Å²) >= 11 is 0. The molecule has 2 aliphatic rings. The summed E-state index contributed by atoms with van der Waals surface area (Å²) in [6, 6.07) is 18.9. The van der Waals surface area contributed by atoms with Crippen molar-refractivity contribution in [2.24, 2.45) is 14.1 Å². The third-order valence-corrected chi connectivity index (χ3v) is 10.7. The number of benzene rings is 2. The second-order valence-corrected chi connectivity index (χ2v) is 14.5. The first-order valence-electron chi connectivity index (χ1n) is 18.7. The number of rotatable bonds is 12. The van der Waals surface area contributed by atoms with Crippen LogP contribution in [0, 0.1) is 19.7 Å². The number of aromatic hydroxyl groups is 1. The monoisotopic (exact) mass is 736 g/mol. The Hall–Kier alpha value is -5.11. The van der Waals surface area contributed by atoms with Gasteiger partial charge in [0.05, 0.1) is 30.8 Å². The van der Waals surface area contributed by atoms with Gasteiger partial charge in [0.15, 0.2) is 11.5 Å². The second-order valence-electron chi connectivity index (χ2n) is 14.5. The van der Waals surface area contributed by atoms with Gasteiger partial charge in [-0.25, -0.2) is 9.37 Å². The Labute approximate surface area is 315 Å². The van der Waals surface area contributed by atoms with E-state index >= 15 is 0 Å². The number of ether oxygens (including phenoxy) is 2. The number of aromatic nitrogens is 5. The first-order chi connectivity index (χ1) is 26.1. The fourth-order valence-electron chi connectivity index (χ4n) is 7.53. The summed E-state index contributed by atoms with van der Waals surface area (Å²) in [5.41, 5.74) is 6.78. The van der Waals surface area contributed by atoms with Crippen LogP contribution in [0.2, 0.25) is 0 Å². The molecule has 2 fully saturated rings. The highest BCUT2D eigenvalue weighted by Gasteiger charge is 2.30. The molecule has 0 radical (unpaired) electrons. The number of pyridine rings is 1. The zero-order valence-corrected chi connectivity index (χ0v) is 31.5. The number of nitrogens with one attached hydrogen (secondary N) is 1. The van der Waals surface area contributed by atoms with Crippen LogP contribution in [0.4, 0.5) is 4.39 Å². The van der Waals surface area contributed by atoms with Gasteiger partial charge in [-0.15, -0.1) is 0 Å². The third-order valence-electron chi connectivity index (χ3n) is 10.7. The molecule has 0 atom stereocenters. The van der Waals surface area contributed by atoms with Crippen molar-refractivity contribution in [1.82, 2.24) is 39.7 Å². The van der Waals surface area contributed by atoms with Crippen LogP contribution in [0.3, 0.4) is 0 Å². The van der Waals surface area contributed by atoms with E-state index in [0.717, 1.165) is 90.5 Å². The summed E-state index contributed by atoms with van der Waals surface area (Å²) < 4.78 is 30.5.